The summed E-state index contributed by atoms with van der Waals surface area (Å²) in [4.78, 5) is 34.4. The van der Waals surface area contributed by atoms with Crippen molar-refractivity contribution >= 4 is 16.8 Å². The van der Waals surface area contributed by atoms with Crippen LogP contribution in [0.4, 0.5) is 0 Å². The van der Waals surface area contributed by atoms with Gasteiger partial charge >= 0.3 is 0 Å². The highest BCUT2D eigenvalue weighted by Gasteiger charge is 2.28. The molecule has 0 saturated carbocycles. The minimum Gasteiger partial charge on any atom is -0.367 e. The van der Waals surface area contributed by atoms with E-state index in [1.165, 1.54) is 0 Å². The molecule has 1 unspecified atom stereocenters. The smallest absolute Gasteiger partial charge is 0.261 e. The Balaban J connectivity index is 1.37. The number of ether oxygens (including phenoxy) is 1. The summed E-state index contributed by atoms with van der Waals surface area (Å²) in [7, 11) is 1.80. The van der Waals surface area contributed by atoms with Crippen molar-refractivity contribution in [3.63, 3.8) is 0 Å². The normalized spacial score (nSPS) is 15.8. The summed E-state index contributed by atoms with van der Waals surface area (Å²) in [5.41, 5.74) is 1.77. The Morgan fingerprint density at radius 2 is 1.72 bits per heavy atom. The van der Waals surface area contributed by atoms with Crippen LogP contribution >= 0.6 is 0 Å². The molecule has 1 fully saturated rings. The zero-order chi connectivity index (χ0) is 22.5. The van der Waals surface area contributed by atoms with Crippen LogP contribution in [0.25, 0.3) is 10.9 Å². The number of carbonyl (C=O) groups excluding carboxylic acids is 1. The molecule has 1 aromatic heterocycles. The van der Waals surface area contributed by atoms with Gasteiger partial charge in [-0.05, 0) is 24.1 Å². The van der Waals surface area contributed by atoms with Crippen molar-refractivity contribution < 1.29 is 9.53 Å². The number of rotatable bonds is 7. The molecular formula is C25H30N4O3. The molecule has 1 aliphatic rings. The standard InChI is InChI=1S/C25H30N4O3/c1-3-22(24-26-21-12-8-7-11-20(21)25(31)27(24)2)28-13-15-29(16-14-28)23(30)18-32-17-19-9-5-4-6-10-19/h4-12,22H,3,13-18H2,1-2H3. The molecule has 0 N–H and O–H groups in total. The Labute approximate surface area is 188 Å². The van der Waals surface area contributed by atoms with Crippen molar-refractivity contribution in [2.45, 2.75) is 26.0 Å². The van der Waals surface area contributed by atoms with Gasteiger partial charge in [-0.2, -0.15) is 0 Å². The van der Waals surface area contributed by atoms with Crippen molar-refractivity contribution in [3.8, 4) is 0 Å². The molecule has 4 rings (SSSR count). The number of nitrogens with zero attached hydrogens (tertiary/aromatic N) is 4. The van der Waals surface area contributed by atoms with Crippen LogP contribution in [0.1, 0.15) is 30.8 Å². The maximum Gasteiger partial charge on any atom is 0.261 e. The average Bonchev–Trinajstić information content (AvgIpc) is 2.83. The molecule has 32 heavy (non-hydrogen) atoms. The maximum atomic E-state index is 12.8. The fourth-order valence-corrected chi connectivity index (χ4v) is 4.34. The first-order valence-electron chi connectivity index (χ1n) is 11.2. The van der Waals surface area contributed by atoms with E-state index in [9.17, 15) is 9.59 Å². The van der Waals surface area contributed by atoms with Gasteiger partial charge in [0.2, 0.25) is 5.91 Å². The van der Waals surface area contributed by atoms with Crippen molar-refractivity contribution in [1.82, 2.24) is 19.4 Å². The Morgan fingerprint density at radius 3 is 2.44 bits per heavy atom. The van der Waals surface area contributed by atoms with Crippen LogP contribution in [0.2, 0.25) is 0 Å². The van der Waals surface area contributed by atoms with Gasteiger partial charge in [0.1, 0.15) is 12.4 Å². The fraction of sp³-hybridized carbons (Fsp3) is 0.400. The molecule has 7 heteroatoms. The van der Waals surface area contributed by atoms with Crippen LogP contribution in [0.3, 0.4) is 0 Å². The molecule has 2 heterocycles. The highest BCUT2D eigenvalue weighted by atomic mass is 16.5. The number of carbonyl (C=O) groups is 1. The van der Waals surface area contributed by atoms with Crippen molar-refractivity contribution in [2.75, 3.05) is 32.8 Å². The summed E-state index contributed by atoms with van der Waals surface area (Å²) >= 11 is 0. The summed E-state index contributed by atoms with van der Waals surface area (Å²) in [6.07, 6.45) is 0.840. The lowest BCUT2D eigenvalue weighted by Gasteiger charge is -2.39. The first-order valence-corrected chi connectivity index (χ1v) is 11.2. The summed E-state index contributed by atoms with van der Waals surface area (Å²) in [6, 6.07) is 17.4. The zero-order valence-corrected chi connectivity index (χ0v) is 18.7. The number of fused-ring (bicyclic) bond motifs is 1. The number of hydrogen-bond acceptors (Lipinski definition) is 5. The molecule has 1 amide bonds. The fourth-order valence-electron chi connectivity index (χ4n) is 4.34. The van der Waals surface area contributed by atoms with E-state index in [0.29, 0.717) is 25.1 Å². The predicted octanol–water partition coefficient (Wildman–Crippen LogP) is 2.75. The van der Waals surface area contributed by atoms with Crippen molar-refractivity contribution in [3.05, 3.63) is 76.3 Å². The van der Waals surface area contributed by atoms with Crippen molar-refractivity contribution in [2.24, 2.45) is 7.05 Å². The highest BCUT2D eigenvalue weighted by molar-refractivity contribution is 5.78. The van der Waals surface area contributed by atoms with Crippen molar-refractivity contribution in [1.29, 1.82) is 0 Å². The quantitative estimate of drug-likeness (QED) is 0.572. The van der Waals surface area contributed by atoms with E-state index in [1.54, 1.807) is 11.6 Å². The van der Waals surface area contributed by atoms with Crippen LogP contribution in [0, 0.1) is 0 Å². The first-order chi connectivity index (χ1) is 15.6. The van der Waals surface area contributed by atoms with Gasteiger partial charge in [0.25, 0.3) is 5.56 Å². The summed E-state index contributed by atoms with van der Waals surface area (Å²) in [5.74, 6) is 0.798. The topological polar surface area (TPSA) is 67.7 Å². The van der Waals surface area contributed by atoms with Gasteiger partial charge in [-0.1, -0.05) is 49.4 Å². The second-order valence-corrected chi connectivity index (χ2v) is 8.17. The van der Waals surface area contributed by atoms with E-state index in [1.807, 2.05) is 59.5 Å². The SMILES string of the molecule is CCC(c1nc2ccccc2c(=O)n1C)N1CCN(C(=O)COCc2ccccc2)CC1. The van der Waals surface area contributed by atoms with E-state index in [0.717, 1.165) is 36.4 Å². The monoisotopic (exact) mass is 434 g/mol. The van der Waals surface area contributed by atoms with E-state index in [2.05, 4.69) is 11.8 Å². The highest BCUT2D eigenvalue weighted by Crippen LogP contribution is 2.24. The van der Waals surface area contributed by atoms with E-state index < -0.39 is 0 Å². The van der Waals surface area contributed by atoms with Gasteiger partial charge in [0.05, 0.1) is 23.6 Å². The molecule has 1 saturated heterocycles. The van der Waals surface area contributed by atoms with Crippen LogP contribution in [0.15, 0.2) is 59.4 Å². The molecule has 0 bridgehead atoms. The number of aromatic nitrogens is 2. The Bertz CT molecular complexity index is 1120. The third-order valence-electron chi connectivity index (χ3n) is 6.15. The lowest BCUT2D eigenvalue weighted by Crippen LogP contribution is -2.51. The van der Waals surface area contributed by atoms with E-state index >= 15 is 0 Å². The van der Waals surface area contributed by atoms with E-state index in [4.69, 9.17) is 9.72 Å². The molecule has 1 atom stereocenters. The largest absolute Gasteiger partial charge is 0.367 e. The van der Waals surface area contributed by atoms with E-state index in [-0.39, 0.29) is 24.1 Å². The van der Waals surface area contributed by atoms with Crippen LogP contribution in [0.5, 0.6) is 0 Å². The van der Waals surface area contributed by atoms with Gasteiger partial charge in [-0.25, -0.2) is 4.98 Å². The number of hydrogen-bond donors (Lipinski definition) is 0. The van der Waals surface area contributed by atoms with Crippen LogP contribution in [-0.4, -0.2) is 58.0 Å². The second kappa shape index (κ2) is 10.1. The Hall–Kier alpha value is -3.03. The first kappa shape index (κ1) is 22.2. The van der Waals surface area contributed by atoms with Gasteiger partial charge in [0, 0.05) is 33.2 Å². The number of benzene rings is 2. The zero-order valence-electron chi connectivity index (χ0n) is 18.7. The molecule has 7 nitrogen and oxygen atoms in total. The minimum atomic E-state index is -0.0200. The lowest BCUT2D eigenvalue weighted by atomic mass is 10.1. The Kier molecular flexibility index (Phi) is 6.97. The van der Waals surface area contributed by atoms with Crippen LogP contribution in [-0.2, 0) is 23.2 Å². The molecule has 2 aromatic carbocycles. The summed E-state index contributed by atoms with van der Waals surface area (Å²) in [5, 5.41) is 0.638. The minimum absolute atomic E-state index is 0.0184. The molecule has 1 aliphatic heterocycles. The molecule has 0 spiro atoms. The number of para-hydroxylation sites is 1. The molecule has 0 aliphatic carbocycles. The van der Waals surface area contributed by atoms with Gasteiger partial charge < -0.3 is 9.64 Å². The number of amides is 1. The maximum absolute atomic E-state index is 12.8. The third kappa shape index (κ3) is 4.74. The number of piperazine rings is 1. The summed E-state index contributed by atoms with van der Waals surface area (Å²) < 4.78 is 7.29. The molecular weight excluding hydrogens is 404 g/mol. The Morgan fingerprint density at radius 1 is 1.03 bits per heavy atom. The summed E-state index contributed by atoms with van der Waals surface area (Å²) in [6.45, 7) is 5.41. The third-order valence-corrected chi connectivity index (χ3v) is 6.15. The molecule has 3 aromatic rings. The van der Waals surface area contributed by atoms with Gasteiger partial charge in [-0.3, -0.25) is 19.1 Å². The van der Waals surface area contributed by atoms with Crippen LogP contribution < -0.4 is 5.56 Å². The molecule has 0 radical (unpaired) electrons. The lowest BCUT2D eigenvalue weighted by molar-refractivity contribution is -0.138. The average molecular weight is 435 g/mol. The molecule has 168 valence electrons. The second-order valence-electron chi connectivity index (χ2n) is 8.17. The predicted molar refractivity (Wildman–Crippen MR) is 124 cm³/mol. The van der Waals surface area contributed by atoms with Gasteiger partial charge in [-0.15, -0.1) is 0 Å². The van der Waals surface area contributed by atoms with Gasteiger partial charge in [0.15, 0.2) is 0 Å².